The Morgan fingerprint density at radius 2 is 1.86 bits per heavy atom. The molecule has 0 aliphatic rings. The zero-order valence-corrected chi connectivity index (χ0v) is 20.9. The fraction of sp³-hybridized carbons (Fsp3) is 0.231. The van der Waals surface area contributed by atoms with Crippen LogP contribution in [0.1, 0.15) is 31.9 Å². The number of methoxy groups -OCH3 is 1. The molecule has 8 nitrogen and oxygen atoms in total. The maximum Gasteiger partial charge on any atom is 0.514 e. The molecule has 4 aromatic rings. The van der Waals surface area contributed by atoms with Crippen LogP contribution in [0.3, 0.4) is 0 Å². The van der Waals surface area contributed by atoms with Crippen molar-refractivity contribution in [2.75, 3.05) is 7.11 Å². The smallest absolute Gasteiger partial charge is 0.493 e. The molecule has 2 heterocycles. The fourth-order valence-electron chi connectivity index (χ4n) is 3.29. The molecule has 180 valence electrons. The third-order valence-electron chi connectivity index (χ3n) is 4.94. The molecule has 2 aromatic carbocycles. The van der Waals surface area contributed by atoms with Crippen LogP contribution >= 0.6 is 11.3 Å². The maximum absolute atomic E-state index is 13.2. The quantitative estimate of drug-likeness (QED) is 0.204. The van der Waals surface area contributed by atoms with Gasteiger partial charge in [0.05, 0.1) is 18.7 Å². The van der Waals surface area contributed by atoms with E-state index >= 15 is 0 Å². The molecule has 0 fully saturated rings. The number of hydrogen-bond acceptors (Lipinski definition) is 8. The van der Waals surface area contributed by atoms with Crippen molar-refractivity contribution in [2.24, 2.45) is 5.10 Å². The summed E-state index contributed by atoms with van der Waals surface area (Å²) in [5.74, 6) is 0.528. The molecule has 0 saturated carbocycles. The van der Waals surface area contributed by atoms with Crippen molar-refractivity contribution in [3.63, 3.8) is 0 Å². The number of thiophene rings is 1. The molecule has 2 aromatic heterocycles. The minimum atomic E-state index is -0.830. The van der Waals surface area contributed by atoms with Crippen LogP contribution < -0.4 is 15.0 Å². The minimum Gasteiger partial charge on any atom is -0.493 e. The zero-order chi connectivity index (χ0) is 25.2. The van der Waals surface area contributed by atoms with Gasteiger partial charge in [0, 0.05) is 10.9 Å². The minimum absolute atomic E-state index is 0.208. The molecule has 0 bridgehead atoms. The number of nitrogens with zero attached hydrogens (tertiary/aromatic N) is 3. The maximum atomic E-state index is 13.2. The van der Waals surface area contributed by atoms with Gasteiger partial charge in [-0.05, 0) is 57.0 Å². The SMILES string of the molecule is COc1cc(C=Nn2cnc3scc(-c4ccc(C)cc4)c3c2=O)ccc1OC(=O)OC(C)(C)C. The first kappa shape index (κ1) is 24.2. The van der Waals surface area contributed by atoms with Gasteiger partial charge >= 0.3 is 6.16 Å². The van der Waals surface area contributed by atoms with Gasteiger partial charge in [0.15, 0.2) is 11.5 Å². The molecule has 0 radical (unpaired) electrons. The first-order chi connectivity index (χ1) is 16.6. The van der Waals surface area contributed by atoms with Crippen LogP contribution in [0, 0.1) is 6.92 Å². The lowest BCUT2D eigenvalue weighted by Gasteiger charge is -2.19. The van der Waals surface area contributed by atoms with E-state index < -0.39 is 11.8 Å². The highest BCUT2D eigenvalue weighted by atomic mass is 32.1. The number of aromatic nitrogens is 2. The summed E-state index contributed by atoms with van der Waals surface area (Å²) in [6.07, 6.45) is 2.07. The van der Waals surface area contributed by atoms with Gasteiger partial charge in [-0.15, -0.1) is 11.3 Å². The van der Waals surface area contributed by atoms with Crippen molar-refractivity contribution in [3.8, 4) is 22.6 Å². The summed E-state index contributed by atoms with van der Waals surface area (Å²) in [7, 11) is 1.46. The van der Waals surface area contributed by atoms with E-state index in [4.69, 9.17) is 14.2 Å². The van der Waals surface area contributed by atoms with Crippen molar-refractivity contribution in [3.05, 3.63) is 75.7 Å². The summed E-state index contributed by atoms with van der Waals surface area (Å²) in [4.78, 5) is 30.2. The van der Waals surface area contributed by atoms with Gasteiger partial charge in [0.2, 0.25) is 0 Å². The van der Waals surface area contributed by atoms with Gasteiger partial charge in [-0.1, -0.05) is 29.8 Å². The first-order valence-electron chi connectivity index (χ1n) is 10.8. The Morgan fingerprint density at radius 3 is 2.54 bits per heavy atom. The number of ether oxygens (including phenoxy) is 3. The molecule has 0 aliphatic heterocycles. The normalized spacial score (nSPS) is 11.7. The highest BCUT2D eigenvalue weighted by molar-refractivity contribution is 7.17. The van der Waals surface area contributed by atoms with Gasteiger partial charge in [-0.2, -0.15) is 9.78 Å². The standard InChI is InChI=1S/C26H25N3O5S/c1-16-6-9-18(10-7-16)19-14-35-23-22(19)24(30)29(15-27-23)28-13-17-8-11-20(21(12-17)32-5)33-25(31)34-26(2,3)4/h6-15H,1-5H3. The molecule has 0 aliphatic carbocycles. The van der Waals surface area contributed by atoms with Gasteiger partial charge in [0.25, 0.3) is 5.56 Å². The van der Waals surface area contributed by atoms with Crippen LogP contribution in [0.4, 0.5) is 4.79 Å². The number of carbonyl (C=O) groups excluding carboxylic acids is 1. The number of rotatable bonds is 5. The summed E-state index contributed by atoms with van der Waals surface area (Å²) in [6, 6.07) is 12.9. The lowest BCUT2D eigenvalue weighted by atomic mass is 10.1. The Morgan fingerprint density at radius 1 is 1.11 bits per heavy atom. The Kier molecular flexibility index (Phi) is 6.70. The van der Waals surface area contributed by atoms with E-state index in [2.05, 4.69) is 10.1 Å². The molecule has 0 spiro atoms. The summed E-state index contributed by atoms with van der Waals surface area (Å²) in [6.45, 7) is 7.26. The Hall–Kier alpha value is -3.98. The van der Waals surface area contributed by atoms with Crippen LogP contribution in [0.5, 0.6) is 11.5 Å². The van der Waals surface area contributed by atoms with E-state index in [1.807, 2.05) is 36.6 Å². The van der Waals surface area contributed by atoms with Gasteiger partial charge < -0.3 is 14.2 Å². The summed E-state index contributed by atoms with van der Waals surface area (Å²) < 4.78 is 17.0. The predicted octanol–water partition coefficient (Wildman–Crippen LogP) is 5.64. The largest absolute Gasteiger partial charge is 0.514 e. The van der Waals surface area contributed by atoms with Crippen LogP contribution in [0.15, 0.2) is 64.1 Å². The van der Waals surface area contributed by atoms with Crippen molar-refractivity contribution >= 4 is 33.9 Å². The van der Waals surface area contributed by atoms with Crippen LogP contribution in [-0.4, -0.2) is 34.7 Å². The third-order valence-corrected chi connectivity index (χ3v) is 5.83. The number of benzene rings is 2. The summed E-state index contributed by atoms with van der Waals surface area (Å²) in [5.41, 5.74) is 2.62. The third kappa shape index (κ3) is 5.58. The van der Waals surface area contributed by atoms with E-state index in [1.54, 1.807) is 39.0 Å². The zero-order valence-electron chi connectivity index (χ0n) is 20.1. The molecule has 0 atom stereocenters. The number of fused-ring (bicyclic) bond motifs is 1. The topological polar surface area (TPSA) is 92.0 Å². The van der Waals surface area contributed by atoms with E-state index in [9.17, 15) is 9.59 Å². The van der Waals surface area contributed by atoms with E-state index in [-0.39, 0.29) is 11.3 Å². The fourth-order valence-corrected chi connectivity index (χ4v) is 4.20. The molecule has 0 unspecified atom stereocenters. The molecule has 0 saturated heterocycles. The van der Waals surface area contributed by atoms with Crippen molar-refractivity contribution in [2.45, 2.75) is 33.3 Å². The second kappa shape index (κ2) is 9.71. The lowest BCUT2D eigenvalue weighted by molar-refractivity contribution is 0.0201. The van der Waals surface area contributed by atoms with Gasteiger partial charge in [-0.25, -0.2) is 9.78 Å². The average molecular weight is 492 g/mol. The lowest BCUT2D eigenvalue weighted by Crippen LogP contribution is -2.26. The van der Waals surface area contributed by atoms with Crippen LogP contribution in [-0.2, 0) is 4.74 Å². The molecule has 4 rings (SSSR count). The number of hydrogen-bond donors (Lipinski definition) is 0. The molecule has 35 heavy (non-hydrogen) atoms. The van der Waals surface area contributed by atoms with Crippen molar-refractivity contribution < 1.29 is 19.0 Å². The Balaban J connectivity index is 1.61. The van der Waals surface area contributed by atoms with E-state index in [0.717, 1.165) is 16.7 Å². The van der Waals surface area contributed by atoms with Gasteiger partial charge in [0.1, 0.15) is 16.8 Å². The molecule has 0 amide bonds. The molecule has 9 heteroatoms. The van der Waals surface area contributed by atoms with Crippen LogP contribution in [0.2, 0.25) is 0 Å². The summed E-state index contributed by atoms with van der Waals surface area (Å²) in [5, 5.41) is 6.76. The highest BCUT2D eigenvalue weighted by Crippen LogP contribution is 2.31. The van der Waals surface area contributed by atoms with E-state index in [0.29, 0.717) is 21.5 Å². The van der Waals surface area contributed by atoms with Gasteiger partial charge in [-0.3, -0.25) is 4.79 Å². The summed E-state index contributed by atoms with van der Waals surface area (Å²) >= 11 is 1.42. The predicted molar refractivity (Wildman–Crippen MR) is 137 cm³/mol. The van der Waals surface area contributed by atoms with Crippen molar-refractivity contribution in [1.29, 1.82) is 0 Å². The number of carbonyl (C=O) groups is 1. The van der Waals surface area contributed by atoms with Crippen molar-refractivity contribution in [1.82, 2.24) is 9.66 Å². The molecular formula is C26H25N3O5S. The molecular weight excluding hydrogens is 466 g/mol. The second-order valence-corrected chi connectivity index (χ2v) is 9.67. The van der Waals surface area contributed by atoms with E-state index in [1.165, 1.54) is 35.7 Å². The highest BCUT2D eigenvalue weighted by Gasteiger charge is 2.19. The monoisotopic (exact) mass is 491 g/mol. The molecule has 0 N–H and O–H groups in total. The number of aryl methyl sites for hydroxylation is 1. The first-order valence-corrected chi connectivity index (χ1v) is 11.7. The Labute approximate surface area is 206 Å². The second-order valence-electron chi connectivity index (χ2n) is 8.81. The van der Waals surface area contributed by atoms with Crippen LogP contribution in [0.25, 0.3) is 21.3 Å². The average Bonchev–Trinajstić information content (AvgIpc) is 3.23. The Bertz CT molecular complexity index is 1460.